The lowest BCUT2D eigenvalue weighted by molar-refractivity contribution is -0.139. The van der Waals surface area contributed by atoms with Gasteiger partial charge >= 0.3 is 0 Å². The summed E-state index contributed by atoms with van der Waals surface area (Å²) in [4.78, 5) is 33.7. The minimum atomic E-state index is -1.01. The van der Waals surface area contributed by atoms with Crippen LogP contribution in [0.1, 0.15) is 76.0 Å². The summed E-state index contributed by atoms with van der Waals surface area (Å²) >= 11 is 0. The summed E-state index contributed by atoms with van der Waals surface area (Å²) in [5, 5.41) is 5.01. The van der Waals surface area contributed by atoms with Gasteiger partial charge in [-0.15, -0.1) is 0 Å². The van der Waals surface area contributed by atoms with E-state index in [9.17, 15) is 14.4 Å². The van der Waals surface area contributed by atoms with E-state index in [1.807, 2.05) is 41.5 Å². The Morgan fingerprint density at radius 3 is 1.88 bits per heavy atom. The fourth-order valence-electron chi connectivity index (χ4n) is 2.92. The van der Waals surface area contributed by atoms with Gasteiger partial charge in [-0.1, -0.05) is 55.5 Å². The second-order valence-corrected chi connectivity index (χ2v) is 8.66. The van der Waals surface area contributed by atoms with Crippen molar-refractivity contribution in [2.75, 3.05) is 0 Å². The van der Waals surface area contributed by atoms with Gasteiger partial charge in [-0.3, -0.25) is 19.7 Å². The molecule has 2 N–H and O–H groups in total. The lowest BCUT2D eigenvalue weighted by Gasteiger charge is -2.33. The van der Waals surface area contributed by atoms with Crippen LogP contribution in [0.25, 0.3) is 0 Å². The van der Waals surface area contributed by atoms with Gasteiger partial charge in [-0.2, -0.15) is 0 Å². The molecule has 2 fully saturated rings. The van der Waals surface area contributed by atoms with Gasteiger partial charge in [0.25, 0.3) is 0 Å². The fourth-order valence-corrected chi connectivity index (χ4v) is 2.92. The average molecular weight is 354 g/mol. The Labute approximate surface area is 154 Å². The number of carbonyl (C=O) groups excluding carboxylic acids is 3. The smallest absolute Gasteiger partial charge is 0.230 e. The topological polar surface area (TPSA) is 75.3 Å². The van der Waals surface area contributed by atoms with Crippen LogP contribution in [0.15, 0.2) is 12.3 Å². The van der Waals surface area contributed by atoms with Gasteiger partial charge in [0.2, 0.25) is 17.7 Å². The van der Waals surface area contributed by atoms with Crippen molar-refractivity contribution >= 4 is 17.7 Å². The SMILES string of the molecule is C.CC(C)(C)C1CCC(=O)NC1=O.[2H]C1(C(C)(C)C)CCC(=C)NC1=O. The third-order valence-electron chi connectivity index (χ3n) is 4.43. The standard InChI is InChI=1S/C10H17NO.C9H15NO2.CH4/c1-7-5-6-8(9(12)11-7)10(2,3)4;1-9(2,3)6-4-5-7(11)10-8(6)12;/h8H,1,5-6H2,2-4H3,(H,11,12);6H,4-5H2,1-3H3,(H,10,11,12);1H4/i8D;;. The molecule has 2 atom stereocenters. The van der Waals surface area contributed by atoms with Crippen molar-refractivity contribution in [1.29, 1.82) is 0 Å². The third-order valence-corrected chi connectivity index (χ3v) is 4.43. The number of hydrogen-bond donors (Lipinski definition) is 2. The van der Waals surface area contributed by atoms with Gasteiger partial charge in [0.15, 0.2) is 0 Å². The first-order valence-corrected chi connectivity index (χ1v) is 8.51. The van der Waals surface area contributed by atoms with E-state index in [0.717, 1.165) is 5.70 Å². The van der Waals surface area contributed by atoms with Crippen molar-refractivity contribution in [3.05, 3.63) is 12.3 Å². The molecule has 0 aromatic rings. The molecule has 2 unspecified atom stereocenters. The molecule has 144 valence electrons. The number of hydrogen-bond acceptors (Lipinski definition) is 3. The quantitative estimate of drug-likeness (QED) is 0.651. The van der Waals surface area contributed by atoms with E-state index in [1.165, 1.54) is 0 Å². The van der Waals surface area contributed by atoms with E-state index in [1.54, 1.807) is 0 Å². The molecule has 0 radical (unpaired) electrons. The molecule has 2 aliphatic heterocycles. The van der Waals surface area contributed by atoms with Crippen LogP contribution >= 0.6 is 0 Å². The number of amides is 3. The van der Waals surface area contributed by atoms with Gasteiger partial charge in [0, 0.05) is 25.3 Å². The van der Waals surface area contributed by atoms with Crippen molar-refractivity contribution < 1.29 is 15.8 Å². The summed E-state index contributed by atoms with van der Waals surface area (Å²) in [6.45, 7) is 15.5. The van der Waals surface area contributed by atoms with Gasteiger partial charge in [-0.25, -0.2) is 0 Å². The van der Waals surface area contributed by atoms with Gasteiger partial charge < -0.3 is 5.32 Å². The number of carbonyl (C=O) groups is 3. The molecule has 2 saturated heterocycles. The van der Waals surface area contributed by atoms with E-state index in [2.05, 4.69) is 17.2 Å². The molecular weight excluding hydrogens is 316 g/mol. The summed E-state index contributed by atoms with van der Waals surface area (Å²) in [7, 11) is 0. The Morgan fingerprint density at radius 2 is 1.48 bits per heavy atom. The highest BCUT2D eigenvalue weighted by Gasteiger charge is 2.35. The molecule has 5 heteroatoms. The second-order valence-electron chi connectivity index (χ2n) is 8.66. The van der Waals surface area contributed by atoms with Gasteiger partial charge in [0.1, 0.15) is 0 Å². The van der Waals surface area contributed by atoms with Crippen LogP contribution < -0.4 is 10.6 Å². The maximum Gasteiger partial charge on any atom is 0.230 e. The highest BCUT2D eigenvalue weighted by molar-refractivity contribution is 5.98. The van der Waals surface area contributed by atoms with Crippen LogP contribution in [0.4, 0.5) is 0 Å². The van der Waals surface area contributed by atoms with Crippen molar-refractivity contribution in [3.63, 3.8) is 0 Å². The van der Waals surface area contributed by atoms with Crippen LogP contribution in [0.2, 0.25) is 0 Å². The lowest BCUT2D eigenvalue weighted by atomic mass is 9.76. The minimum Gasteiger partial charge on any atom is -0.330 e. The first-order chi connectivity index (χ1) is 11.2. The third kappa shape index (κ3) is 7.00. The number of imide groups is 1. The molecule has 25 heavy (non-hydrogen) atoms. The zero-order valence-corrected chi connectivity index (χ0v) is 15.8. The molecule has 0 aromatic carbocycles. The first-order valence-electron chi connectivity index (χ1n) is 9.01. The average Bonchev–Trinajstić information content (AvgIpc) is 2.41. The van der Waals surface area contributed by atoms with E-state index in [4.69, 9.17) is 1.37 Å². The Bertz CT molecular complexity index is 573. The number of allylic oxidation sites excluding steroid dienone is 1. The Balaban J connectivity index is 0.000000464. The number of rotatable bonds is 0. The fraction of sp³-hybridized carbons (Fsp3) is 0.750. The molecule has 0 saturated carbocycles. The van der Waals surface area contributed by atoms with Gasteiger partial charge in [0.05, 0.1) is 0 Å². The largest absolute Gasteiger partial charge is 0.330 e. The van der Waals surface area contributed by atoms with Crippen LogP contribution in [0.3, 0.4) is 0 Å². The molecular formula is C20H36N2O3. The van der Waals surface area contributed by atoms with Crippen LogP contribution in [-0.4, -0.2) is 17.7 Å². The Hall–Kier alpha value is -1.65. The predicted octanol–water partition coefficient (Wildman–Crippen LogP) is 3.79. The van der Waals surface area contributed by atoms with E-state index < -0.39 is 5.89 Å². The summed E-state index contributed by atoms with van der Waals surface area (Å²) in [5.41, 5.74) is 0.375. The minimum absolute atomic E-state index is 0. The van der Waals surface area contributed by atoms with Crippen molar-refractivity contribution in [2.45, 2.75) is 74.7 Å². The lowest BCUT2D eigenvalue weighted by Crippen LogP contribution is -2.45. The second kappa shape index (κ2) is 8.63. The summed E-state index contributed by atoms with van der Waals surface area (Å²) in [6, 6.07) is 0. The number of piperidine rings is 2. The van der Waals surface area contributed by atoms with Crippen molar-refractivity contribution in [2.24, 2.45) is 22.6 Å². The summed E-state index contributed by atoms with van der Waals surface area (Å²) < 4.78 is 8.11. The maximum absolute atomic E-state index is 11.6. The number of nitrogens with one attached hydrogen (secondary N) is 2. The van der Waals surface area contributed by atoms with Crippen molar-refractivity contribution in [1.82, 2.24) is 10.6 Å². The van der Waals surface area contributed by atoms with Crippen LogP contribution in [-0.2, 0) is 14.4 Å². The maximum atomic E-state index is 11.6. The highest BCUT2D eigenvalue weighted by atomic mass is 16.2. The molecule has 5 nitrogen and oxygen atoms in total. The van der Waals surface area contributed by atoms with Crippen LogP contribution in [0.5, 0.6) is 0 Å². The molecule has 2 rings (SSSR count). The Morgan fingerprint density at radius 1 is 0.920 bits per heavy atom. The summed E-state index contributed by atoms with van der Waals surface area (Å²) in [5.74, 6) is -1.49. The van der Waals surface area contributed by atoms with E-state index >= 15 is 0 Å². The molecule has 0 aromatic heterocycles. The summed E-state index contributed by atoms with van der Waals surface area (Å²) in [6.07, 6.45) is 2.45. The monoisotopic (exact) mass is 353 g/mol. The molecule has 0 bridgehead atoms. The molecule has 2 heterocycles. The molecule has 2 aliphatic rings. The van der Waals surface area contributed by atoms with E-state index in [0.29, 0.717) is 25.7 Å². The zero-order chi connectivity index (χ0) is 19.6. The van der Waals surface area contributed by atoms with Crippen LogP contribution in [0, 0.1) is 22.6 Å². The zero-order valence-electron chi connectivity index (χ0n) is 16.8. The first kappa shape index (κ1) is 21.4. The predicted molar refractivity (Wildman–Crippen MR) is 102 cm³/mol. The van der Waals surface area contributed by atoms with E-state index in [-0.39, 0.29) is 41.9 Å². The van der Waals surface area contributed by atoms with Gasteiger partial charge in [-0.05, 0) is 30.1 Å². The Kier molecular flexibility index (Phi) is 7.39. The molecule has 3 amide bonds. The van der Waals surface area contributed by atoms with Crippen molar-refractivity contribution in [3.8, 4) is 0 Å². The highest BCUT2D eigenvalue weighted by Crippen LogP contribution is 2.33. The normalized spacial score (nSPS) is 27.9. The molecule has 0 aliphatic carbocycles. The molecule has 0 spiro atoms.